The van der Waals surface area contributed by atoms with E-state index in [0.717, 1.165) is 10.6 Å². The molecule has 0 unspecified atom stereocenters. The Bertz CT molecular complexity index is 1020. The molecule has 30 heavy (non-hydrogen) atoms. The van der Waals surface area contributed by atoms with Crippen LogP contribution in [0.1, 0.15) is 10.6 Å². The van der Waals surface area contributed by atoms with Gasteiger partial charge in [0.25, 0.3) is 0 Å². The van der Waals surface area contributed by atoms with E-state index in [-0.39, 0.29) is 0 Å². The minimum Gasteiger partial charge on any atom is -0.497 e. The Morgan fingerprint density at radius 3 is 2.30 bits per heavy atom. The number of carbonyl (C=O) groups is 1. The molecule has 0 aliphatic rings. The number of urea groups is 1. The maximum atomic E-state index is 12.4. The van der Waals surface area contributed by atoms with Gasteiger partial charge in [0.05, 0.1) is 34.1 Å². The van der Waals surface area contributed by atoms with Gasteiger partial charge >= 0.3 is 6.03 Å². The number of nitrogens with one attached hydrogen (secondary N) is 2. The second-order valence-electron chi connectivity index (χ2n) is 6.01. The van der Waals surface area contributed by atoms with Gasteiger partial charge in [0.1, 0.15) is 16.5 Å². The third-order valence-electron chi connectivity index (χ3n) is 4.15. The molecule has 2 aromatic carbocycles. The van der Waals surface area contributed by atoms with Gasteiger partial charge in [-0.05, 0) is 29.8 Å². The molecule has 2 amide bonds. The van der Waals surface area contributed by atoms with Crippen LogP contribution in [0.3, 0.4) is 0 Å². The van der Waals surface area contributed by atoms with Crippen molar-refractivity contribution in [3.05, 3.63) is 47.0 Å². The van der Waals surface area contributed by atoms with Crippen molar-refractivity contribution in [3.63, 3.8) is 0 Å². The number of carbonyl (C=O) groups excluding carboxylic acids is 1. The van der Waals surface area contributed by atoms with Gasteiger partial charge in [-0.25, -0.2) is 4.79 Å². The Labute approximate surface area is 177 Å². The summed E-state index contributed by atoms with van der Waals surface area (Å²) in [5.74, 6) is 2.41. The molecule has 1 heterocycles. The van der Waals surface area contributed by atoms with Crippen molar-refractivity contribution in [1.29, 1.82) is 0 Å². The normalized spacial score (nSPS) is 10.3. The average molecular weight is 430 g/mol. The molecular formula is C20H22N4O5S. The molecule has 158 valence electrons. The van der Waals surface area contributed by atoms with E-state index in [2.05, 4.69) is 20.8 Å². The van der Waals surface area contributed by atoms with E-state index < -0.39 is 6.03 Å². The van der Waals surface area contributed by atoms with E-state index in [0.29, 0.717) is 40.2 Å². The lowest BCUT2D eigenvalue weighted by molar-refractivity contribution is 0.262. The lowest BCUT2D eigenvalue weighted by Crippen LogP contribution is -2.19. The number of aromatic nitrogens is 2. The molecule has 0 aliphatic carbocycles. The average Bonchev–Trinajstić information content (AvgIpc) is 3.19. The van der Waals surface area contributed by atoms with Crippen LogP contribution in [0.5, 0.6) is 23.0 Å². The lowest BCUT2D eigenvalue weighted by Gasteiger charge is -2.11. The topological polar surface area (TPSA) is 104 Å². The molecular weight excluding hydrogens is 408 g/mol. The maximum absolute atomic E-state index is 12.4. The van der Waals surface area contributed by atoms with Crippen LogP contribution in [-0.2, 0) is 6.42 Å². The standard InChI is InChI=1S/C20H22N4O5S/c1-26-13-6-8-15(27-2)14(11-13)21-19(25)22-20-24-23-18(30-20)10-12-5-7-16(28-3)17(9-12)29-4/h5-9,11H,10H2,1-4H3,(H2,21,22,24,25). The second-order valence-corrected chi connectivity index (χ2v) is 7.07. The number of amides is 2. The summed E-state index contributed by atoms with van der Waals surface area (Å²) in [4.78, 5) is 12.4. The van der Waals surface area contributed by atoms with E-state index in [1.807, 2.05) is 18.2 Å². The van der Waals surface area contributed by atoms with Gasteiger partial charge in [-0.1, -0.05) is 17.4 Å². The zero-order valence-corrected chi connectivity index (χ0v) is 17.8. The van der Waals surface area contributed by atoms with E-state index in [9.17, 15) is 4.79 Å². The Morgan fingerprint density at radius 1 is 0.867 bits per heavy atom. The molecule has 0 spiro atoms. The Hall–Kier alpha value is -3.53. The van der Waals surface area contributed by atoms with Crippen LogP contribution >= 0.6 is 11.3 Å². The van der Waals surface area contributed by atoms with E-state index >= 15 is 0 Å². The molecule has 0 saturated heterocycles. The highest BCUT2D eigenvalue weighted by Crippen LogP contribution is 2.30. The number of hydrogen-bond donors (Lipinski definition) is 2. The summed E-state index contributed by atoms with van der Waals surface area (Å²) in [6.45, 7) is 0. The van der Waals surface area contributed by atoms with Crippen molar-refractivity contribution in [2.24, 2.45) is 0 Å². The molecule has 0 saturated carbocycles. The van der Waals surface area contributed by atoms with Crippen molar-refractivity contribution >= 4 is 28.2 Å². The summed E-state index contributed by atoms with van der Waals surface area (Å²) in [6.07, 6.45) is 0.547. The fraction of sp³-hybridized carbons (Fsp3) is 0.250. The van der Waals surface area contributed by atoms with Gasteiger partial charge in [-0.2, -0.15) is 0 Å². The fourth-order valence-electron chi connectivity index (χ4n) is 2.70. The molecule has 0 fully saturated rings. The van der Waals surface area contributed by atoms with E-state index in [1.54, 1.807) is 39.5 Å². The van der Waals surface area contributed by atoms with Crippen LogP contribution < -0.4 is 29.6 Å². The molecule has 3 aromatic rings. The number of methoxy groups -OCH3 is 4. The van der Waals surface area contributed by atoms with Crippen LogP contribution in [0, 0.1) is 0 Å². The largest absolute Gasteiger partial charge is 0.497 e. The zero-order chi connectivity index (χ0) is 21.5. The number of benzene rings is 2. The SMILES string of the molecule is COc1ccc(OC)c(NC(=O)Nc2nnc(Cc3ccc(OC)c(OC)c3)s2)c1. The van der Waals surface area contributed by atoms with Gasteiger partial charge < -0.3 is 24.3 Å². The van der Waals surface area contributed by atoms with Gasteiger partial charge in [0, 0.05) is 12.5 Å². The number of rotatable bonds is 8. The van der Waals surface area contributed by atoms with Crippen LogP contribution in [0.4, 0.5) is 15.6 Å². The summed E-state index contributed by atoms with van der Waals surface area (Å²) in [5, 5.41) is 14.7. The van der Waals surface area contributed by atoms with Crippen molar-refractivity contribution in [2.45, 2.75) is 6.42 Å². The Balaban J connectivity index is 1.65. The van der Waals surface area contributed by atoms with Crippen LogP contribution in [0.2, 0.25) is 0 Å². The van der Waals surface area contributed by atoms with Crippen molar-refractivity contribution in [2.75, 3.05) is 39.1 Å². The van der Waals surface area contributed by atoms with Gasteiger partial charge in [0.15, 0.2) is 11.5 Å². The third-order valence-corrected chi connectivity index (χ3v) is 4.98. The highest BCUT2D eigenvalue weighted by atomic mass is 32.1. The van der Waals surface area contributed by atoms with Crippen LogP contribution in [0.25, 0.3) is 0 Å². The first-order valence-electron chi connectivity index (χ1n) is 8.89. The summed E-state index contributed by atoms with van der Waals surface area (Å²) in [6, 6.07) is 10.3. The fourth-order valence-corrected chi connectivity index (χ4v) is 3.47. The quantitative estimate of drug-likeness (QED) is 0.560. The summed E-state index contributed by atoms with van der Waals surface area (Å²) in [5.41, 5.74) is 1.46. The summed E-state index contributed by atoms with van der Waals surface area (Å²) < 4.78 is 21.0. The molecule has 2 N–H and O–H groups in total. The maximum Gasteiger partial charge on any atom is 0.325 e. The number of ether oxygens (including phenoxy) is 4. The predicted octanol–water partition coefficient (Wildman–Crippen LogP) is 3.81. The second kappa shape index (κ2) is 9.79. The molecule has 3 rings (SSSR count). The third kappa shape index (κ3) is 5.09. The smallest absolute Gasteiger partial charge is 0.325 e. The van der Waals surface area contributed by atoms with Crippen molar-refractivity contribution < 1.29 is 23.7 Å². The molecule has 9 nitrogen and oxygen atoms in total. The van der Waals surface area contributed by atoms with E-state index in [1.165, 1.54) is 18.4 Å². The highest BCUT2D eigenvalue weighted by Gasteiger charge is 2.13. The zero-order valence-electron chi connectivity index (χ0n) is 17.0. The van der Waals surface area contributed by atoms with Gasteiger partial charge in [0.2, 0.25) is 5.13 Å². The molecule has 0 aliphatic heterocycles. The molecule has 0 atom stereocenters. The monoisotopic (exact) mass is 430 g/mol. The number of anilines is 2. The minimum atomic E-state index is -0.463. The predicted molar refractivity (Wildman–Crippen MR) is 114 cm³/mol. The summed E-state index contributed by atoms with van der Waals surface area (Å²) >= 11 is 1.29. The minimum absolute atomic E-state index is 0.379. The number of hydrogen-bond acceptors (Lipinski definition) is 8. The molecule has 10 heteroatoms. The number of nitrogens with zero attached hydrogens (tertiary/aromatic N) is 2. The van der Waals surface area contributed by atoms with Gasteiger partial charge in [-0.3, -0.25) is 5.32 Å². The van der Waals surface area contributed by atoms with Crippen molar-refractivity contribution in [3.8, 4) is 23.0 Å². The first-order valence-corrected chi connectivity index (χ1v) is 9.71. The van der Waals surface area contributed by atoms with Crippen LogP contribution in [0.15, 0.2) is 36.4 Å². The molecule has 1 aromatic heterocycles. The Morgan fingerprint density at radius 2 is 1.60 bits per heavy atom. The van der Waals surface area contributed by atoms with Crippen molar-refractivity contribution in [1.82, 2.24) is 10.2 Å². The first kappa shape index (κ1) is 21.2. The highest BCUT2D eigenvalue weighted by molar-refractivity contribution is 7.15. The summed E-state index contributed by atoms with van der Waals surface area (Å²) in [7, 11) is 6.25. The Kier molecular flexibility index (Phi) is 6.91. The molecule has 0 bridgehead atoms. The lowest BCUT2D eigenvalue weighted by atomic mass is 10.1. The van der Waals surface area contributed by atoms with Crippen LogP contribution in [-0.4, -0.2) is 44.7 Å². The molecule has 0 radical (unpaired) electrons. The van der Waals surface area contributed by atoms with Gasteiger partial charge in [-0.15, -0.1) is 10.2 Å². The van der Waals surface area contributed by atoms with E-state index in [4.69, 9.17) is 18.9 Å². The first-order chi connectivity index (χ1) is 14.6.